The van der Waals surface area contributed by atoms with Gasteiger partial charge in [0, 0.05) is 6.07 Å². The van der Waals surface area contributed by atoms with Crippen LogP contribution >= 0.6 is 0 Å². The zero-order valence-corrected chi connectivity index (χ0v) is 14.3. The number of nitrogens with two attached hydrogens (primary N) is 1. The van der Waals surface area contributed by atoms with Gasteiger partial charge in [-0.2, -0.15) is 20.2 Å². The molecule has 0 radical (unpaired) electrons. The van der Waals surface area contributed by atoms with Gasteiger partial charge in [0.25, 0.3) is 0 Å². The van der Waals surface area contributed by atoms with E-state index in [2.05, 4.69) is 30.4 Å². The number of hydrogen-bond acceptors (Lipinski definition) is 9. The van der Waals surface area contributed by atoms with E-state index in [4.69, 9.17) is 5.73 Å². The number of aromatic hydroxyl groups is 2. The molecular formula is C18H17N7O2. The maximum absolute atomic E-state index is 9.26. The first-order chi connectivity index (χ1) is 13.1. The van der Waals surface area contributed by atoms with Crippen molar-refractivity contribution >= 4 is 17.6 Å². The van der Waals surface area contributed by atoms with E-state index >= 15 is 0 Å². The molecule has 0 atom stereocenters. The molecule has 0 fully saturated rings. The maximum atomic E-state index is 9.26. The topological polar surface area (TPSA) is 142 Å². The molecule has 0 amide bonds. The maximum Gasteiger partial charge on any atom is 0.224 e. The third-order valence-electron chi connectivity index (χ3n) is 3.44. The lowest BCUT2D eigenvalue weighted by Crippen LogP contribution is -1.93. The fourth-order valence-corrected chi connectivity index (χ4v) is 2.12. The largest absolute Gasteiger partial charge is 0.508 e. The molecule has 0 aliphatic carbocycles. The van der Waals surface area contributed by atoms with Crippen LogP contribution in [-0.2, 0) is 13.1 Å². The van der Waals surface area contributed by atoms with Gasteiger partial charge in [-0.15, -0.1) is 10.2 Å². The molecule has 3 rings (SSSR count). The first kappa shape index (κ1) is 17.9. The highest BCUT2D eigenvalue weighted by atomic mass is 16.3. The molecule has 136 valence electrons. The van der Waals surface area contributed by atoms with Crippen molar-refractivity contribution in [3.63, 3.8) is 0 Å². The van der Waals surface area contributed by atoms with Crippen LogP contribution in [0.4, 0.5) is 17.6 Å². The number of aromatic nitrogens is 2. The highest BCUT2D eigenvalue weighted by Gasteiger charge is 2.01. The summed E-state index contributed by atoms with van der Waals surface area (Å²) in [6, 6.07) is 14.9. The van der Waals surface area contributed by atoms with Crippen LogP contribution in [0.2, 0.25) is 0 Å². The van der Waals surface area contributed by atoms with Crippen molar-refractivity contribution in [2.24, 2.45) is 20.5 Å². The molecule has 27 heavy (non-hydrogen) atoms. The fraction of sp³-hybridized carbons (Fsp3) is 0.111. The van der Waals surface area contributed by atoms with Gasteiger partial charge in [0.1, 0.15) is 11.5 Å². The molecule has 1 aromatic heterocycles. The van der Waals surface area contributed by atoms with Crippen LogP contribution in [0.1, 0.15) is 11.1 Å². The van der Waals surface area contributed by atoms with Gasteiger partial charge in [-0.25, -0.2) is 0 Å². The lowest BCUT2D eigenvalue weighted by Gasteiger charge is -1.99. The Labute approximate surface area is 155 Å². The average molecular weight is 363 g/mol. The smallest absolute Gasteiger partial charge is 0.224 e. The first-order valence-corrected chi connectivity index (χ1v) is 8.04. The van der Waals surface area contributed by atoms with E-state index in [1.54, 1.807) is 48.5 Å². The van der Waals surface area contributed by atoms with E-state index in [0.717, 1.165) is 11.1 Å². The Balaban J connectivity index is 1.64. The van der Waals surface area contributed by atoms with Gasteiger partial charge in [-0.3, -0.25) is 0 Å². The van der Waals surface area contributed by atoms with Crippen LogP contribution in [0.15, 0.2) is 75.1 Å². The van der Waals surface area contributed by atoms with E-state index in [1.807, 2.05) is 0 Å². The Morgan fingerprint density at radius 2 is 1.11 bits per heavy atom. The van der Waals surface area contributed by atoms with Crippen molar-refractivity contribution in [2.75, 3.05) is 5.73 Å². The monoisotopic (exact) mass is 363 g/mol. The number of phenolic OH excluding ortho intramolecular Hbond substituents is 2. The van der Waals surface area contributed by atoms with Gasteiger partial charge in [-0.1, -0.05) is 24.3 Å². The molecule has 0 bridgehead atoms. The van der Waals surface area contributed by atoms with Crippen LogP contribution < -0.4 is 5.73 Å². The van der Waals surface area contributed by atoms with Gasteiger partial charge < -0.3 is 15.9 Å². The van der Waals surface area contributed by atoms with Crippen molar-refractivity contribution in [3.05, 3.63) is 65.7 Å². The molecule has 0 aliphatic rings. The number of anilines is 1. The van der Waals surface area contributed by atoms with Crippen molar-refractivity contribution < 1.29 is 10.2 Å². The molecule has 3 aromatic rings. The standard InChI is InChI=1S/C18H17N7O2/c19-18-22-16(24-20-10-12-1-5-14(26)6-2-12)9-17(23-18)25-21-11-13-3-7-15(27)8-4-13/h1-9,26-27H,10-11H2,(H2,19,22,23). The predicted molar refractivity (Wildman–Crippen MR) is 99.1 cm³/mol. The van der Waals surface area contributed by atoms with Crippen LogP contribution in [0.3, 0.4) is 0 Å². The highest BCUT2D eigenvalue weighted by molar-refractivity contribution is 5.43. The summed E-state index contributed by atoms with van der Waals surface area (Å²) >= 11 is 0. The Kier molecular flexibility index (Phi) is 5.63. The molecule has 2 aromatic carbocycles. The Bertz CT molecular complexity index is 879. The molecule has 0 saturated carbocycles. The second-order valence-electron chi connectivity index (χ2n) is 5.57. The summed E-state index contributed by atoms with van der Waals surface area (Å²) in [5.41, 5.74) is 7.47. The molecule has 1 heterocycles. The molecule has 0 saturated heterocycles. The van der Waals surface area contributed by atoms with Crippen molar-refractivity contribution in [3.8, 4) is 11.5 Å². The van der Waals surface area contributed by atoms with Gasteiger partial charge in [0.05, 0.1) is 13.1 Å². The summed E-state index contributed by atoms with van der Waals surface area (Å²) < 4.78 is 0. The SMILES string of the molecule is Nc1nc(N=NCc2ccc(O)cc2)cc(N=NCc2ccc(O)cc2)n1. The summed E-state index contributed by atoms with van der Waals surface area (Å²) in [5.74, 6) is 0.970. The van der Waals surface area contributed by atoms with Gasteiger partial charge >= 0.3 is 0 Å². The number of azo groups is 2. The first-order valence-electron chi connectivity index (χ1n) is 8.04. The molecular weight excluding hydrogens is 346 g/mol. The molecule has 9 heteroatoms. The molecule has 4 N–H and O–H groups in total. The summed E-state index contributed by atoms with van der Waals surface area (Å²) in [5, 5.41) is 34.7. The normalized spacial score (nSPS) is 11.4. The molecule has 0 aliphatic heterocycles. The summed E-state index contributed by atoms with van der Waals surface area (Å²) in [4.78, 5) is 7.98. The van der Waals surface area contributed by atoms with E-state index < -0.39 is 0 Å². The van der Waals surface area contributed by atoms with E-state index in [1.165, 1.54) is 6.07 Å². The Hall–Kier alpha value is -3.88. The second-order valence-corrected chi connectivity index (χ2v) is 5.57. The minimum atomic E-state index is 0.0228. The highest BCUT2D eigenvalue weighted by Crippen LogP contribution is 2.20. The second kappa shape index (κ2) is 8.48. The quantitative estimate of drug-likeness (QED) is 0.567. The van der Waals surface area contributed by atoms with Crippen molar-refractivity contribution in [2.45, 2.75) is 13.1 Å². The lowest BCUT2D eigenvalue weighted by atomic mass is 10.2. The van der Waals surface area contributed by atoms with E-state index in [0.29, 0.717) is 13.1 Å². The Morgan fingerprint density at radius 3 is 1.52 bits per heavy atom. The zero-order valence-electron chi connectivity index (χ0n) is 14.3. The summed E-state index contributed by atoms with van der Waals surface area (Å²) in [7, 11) is 0. The molecule has 9 nitrogen and oxygen atoms in total. The van der Waals surface area contributed by atoms with Crippen LogP contribution in [0.25, 0.3) is 0 Å². The third kappa shape index (κ3) is 5.56. The van der Waals surface area contributed by atoms with Crippen LogP contribution in [0, 0.1) is 0 Å². The van der Waals surface area contributed by atoms with Gasteiger partial charge in [-0.05, 0) is 35.4 Å². The Morgan fingerprint density at radius 1 is 0.704 bits per heavy atom. The number of benzene rings is 2. The molecule has 0 unspecified atom stereocenters. The summed E-state index contributed by atoms with van der Waals surface area (Å²) in [6.45, 7) is 0.670. The van der Waals surface area contributed by atoms with E-state index in [9.17, 15) is 10.2 Å². The van der Waals surface area contributed by atoms with Crippen molar-refractivity contribution in [1.82, 2.24) is 9.97 Å². The minimum absolute atomic E-state index is 0.0228. The predicted octanol–water partition coefficient (Wildman–Crippen LogP) is 4.04. The average Bonchev–Trinajstić information content (AvgIpc) is 2.65. The number of phenols is 2. The lowest BCUT2D eigenvalue weighted by molar-refractivity contribution is 0.474. The zero-order chi connectivity index (χ0) is 19.1. The number of nitrogens with zero attached hydrogens (tertiary/aromatic N) is 6. The van der Waals surface area contributed by atoms with E-state index in [-0.39, 0.29) is 29.1 Å². The van der Waals surface area contributed by atoms with Gasteiger partial charge in [0.2, 0.25) is 5.95 Å². The molecule has 0 spiro atoms. The minimum Gasteiger partial charge on any atom is -0.508 e. The fourth-order valence-electron chi connectivity index (χ4n) is 2.12. The van der Waals surface area contributed by atoms with Crippen LogP contribution in [0.5, 0.6) is 11.5 Å². The number of rotatable bonds is 6. The van der Waals surface area contributed by atoms with Gasteiger partial charge in [0.15, 0.2) is 11.6 Å². The third-order valence-corrected chi connectivity index (χ3v) is 3.44. The number of hydrogen-bond donors (Lipinski definition) is 3. The van der Waals surface area contributed by atoms with Crippen LogP contribution in [-0.4, -0.2) is 20.2 Å². The number of nitrogen functional groups attached to an aromatic ring is 1. The van der Waals surface area contributed by atoms with Crippen molar-refractivity contribution in [1.29, 1.82) is 0 Å². The summed E-state index contributed by atoms with van der Waals surface area (Å²) in [6.07, 6.45) is 0.